The van der Waals surface area contributed by atoms with Crippen molar-refractivity contribution in [1.82, 2.24) is 5.48 Å². The van der Waals surface area contributed by atoms with E-state index in [0.29, 0.717) is 6.54 Å². The van der Waals surface area contributed by atoms with E-state index in [9.17, 15) is 10.2 Å². The predicted octanol–water partition coefficient (Wildman–Crippen LogP) is 3.16. The Kier molecular flexibility index (Phi) is 12.8. The summed E-state index contributed by atoms with van der Waals surface area (Å²) in [6, 6.07) is 16.2. The van der Waals surface area contributed by atoms with Gasteiger partial charge in [-0.3, -0.25) is 4.84 Å². The number of aliphatic hydroxyl groups is 2. The number of rotatable bonds is 17. The van der Waals surface area contributed by atoms with E-state index in [0.717, 1.165) is 50.0 Å². The van der Waals surface area contributed by atoms with Crippen LogP contribution < -0.4 is 21.8 Å². The lowest BCUT2D eigenvalue weighted by atomic mass is 10.0. The van der Waals surface area contributed by atoms with Crippen LogP contribution in [0.1, 0.15) is 50.7 Å². The fourth-order valence-corrected chi connectivity index (χ4v) is 3.18. The molecule has 33 heavy (non-hydrogen) atoms. The highest BCUT2D eigenvalue weighted by Gasteiger charge is 2.09. The van der Waals surface area contributed by atoms with E-state index < -0.39 is 18.8 Å². The highest BCUT2D eigenvalue weighted by Crippen LogP contribution is 2.16. The SMILES string of the molecule is CCCCNOC(O)CNc1ccc(Cc2ccc(NCC(O)OC(N)CCC)cc2)cc1. The van der Waals surface area contributed by atoms with Crippen LogP contribution in [0.3, 0.4) is 0 Å². The number of benzene rings is 2. The molecular formula is C25H40N4O4. The van der Waals surface area contributed by atoms with Gasteiger partial charge < -0.3 is 31.3 Å². The molecule has 0 spiro atoms. The summed E-state index contributed by atoms with van der Waals surface area (Å²) in [6.45, 7) is 5.43. The van der Waals surface area contributed by atoms with Gasteiger partial charge >= 0.3 is 0 Å². The molecule has 3 atom stereocenters. The Labute approximate surface area is 197 Å². The second-order valence-electron chi connectivity index (χ2n) is 8.07. The molecule has 184 valence electrons. The average Bonchev–Trinajstić information content (AvgIpc) is 2.81. The van der Waals surface area contributed by atoms with Crippen LogP contribution in [0.4, 0.5) is 11.4 Å². The zero-order valence-electron chi connectivity index (χ0n) is 19.8. The second kappa shape index (κ2) is 15.6. The van der Waals surface area contributed by atoms with E-state index in [1.54, 1.807) is 0 Å². The topological polar surface area (TPSA) is 121 Å². The molecular weight excluding hydrogens is 420 g/mol. The molecule has 3 unspecified atom stereocenters. The molecule has 0 radical (unpaired) electrons. The van der Waals surface area contributed by atoms with Crippen molar-refractivity contribution in [2.75, 3.05) is 30.3 Å². The molecule has 2 aromatic carbocycles. The molecule has 0 heterocycles. The van der Waals surface area contributed by atoms with Crippen LogP contribution in [-0.4, -0.2) is 48.7 Å². The number of nitrogens with one attached hydrogen (secondary N) is 3. The summed E-state index contributed by atoms with van der Waals surface area (Å²) >= 11 is 0. The van der Waals surface area contributed by atoms with Crippen molar-refractivity contribution in [3.8, 4) is 0 Å². The van der Waals surface area contributed by atoms with Crippen LogP contribution in [0.25, 0.3) is 0 Å². The first-order valence-electron chi connectivity index (χ1n) is 11.8. The van der Waals surface area contributed by atoms with E-state index in [2.05, 4.69) is 47.3 Å². The molecule has 8 heteroatoms. The molecule has 2 aromatic rings. The number of hydroxylamine groups is 1. The van der Waals surface area contributed by atoms with Gasteiger partial charge in [0.1, 0.15) is 6.23 Å². The number of anilines is 2. The fourth-order valence-electron chi connectivity index (χ4n) is 3.18. The molecule has 8 nitrogen and oxygen atoms in total. The number of aliphatic hydroxyl groups excluding tert-OH is 2. The Balaban J connectivity index is 1.71. The van der Waals surface area contributed by atoms with E-state index in [1.807, 2.05) is 31.2 Å². The summed E-state index contributed by atoms with van der Waals surface area (Å²) in [5.74, 6) is 0. The van der Waals surface area contributed by atoms with E-state index in [1.165, 1.54) is 11.1 Å². The third-order valence-corrected chi connectivity index (χ3v) is 5.03. The Morgan fingerprint density at radius 3 is 1.88 bits per heavy atom. The first-order valence-corrected chi connectivity index (χ1v) is 11.8. The number of hydrogen-bond donors (Lipinski definition) is 6. The lowest BCUT2D eigenvalue weighted by Crippen LogP contribution is -2.33. The smallest absolute Gasteiger partial charge is 0.191 e. The van der Waals surface area contributed by atoms with Crippen LogP contribution in [0.5, 0.6) is 0 Å². The number of hydrogen-bond acceptors (Lipinski definition) is 8. The summed E-state index contributed by atoms with van der Waals surface area (Å²) in [5, 5.41) is 26.1. The highest BCUT2D eigenvalue weighted by molar-refractivity contribution is 5.47. The second-order valence-corrected chi connectivity index (χ2v) is 8.07. The monoisotopic (exact) mass is 460 g/mol. The molecule has 0 saturated carbocycles. The maximum Gasteiger partial charge on any atom is 0.191 e. The quantitative estimate of drug-likeness (QED) is 0.121. The average molecular weight is 461 g/mol. The van der Waals surface area contributed by atoms with Gasteiger partial charge in [-0.1, -0.05) is 51.0 Å². The van der Waals surface area contributed by atoms with Gasteiger partial charge in [0.15, 0.2) is 12.6 Å². The number of ether oxygens (including phenoxy) is 1. The molecule has 0 saturated heterocycles. The summed E-state index contributed by atoms with van der Waals surface area (Å²) in [6.07, 6.45) is 2.23. The zero-order chi connectivity index (χ0) is 23.9. The van der Waals surface area contributed by atoms with Crippen molar-refractivity contribution in [2.24, 2.45) is 5.73 Å². The van der Waals surface area contributed by atoms with Crippen molar-refractivity contribution >= 4 is 11.4 Å². The van der Waals surface area contributed by atoms with Crippen molar-refractivity contribution in [3.63, 3.8) is 0 Å². The van der Waals surface area contributed by atoms with Crippen molar-refractivity contribution in [2.45, 2.75) is 64.8 Å². The summed E-state index contributed by atoms with van der Waals surface area (Å²) in [5.41, 5.74) is 12.8. The molecule has 0 amide bonds. The van der Waals surface area contributed by atoms with Crippen molar-refractivity contribution in [1.29, 1.82) is 0 Å². The lowest BCUT2D eigenvalue weighted by Gasteiger charge is -2.18. The first-order chi connectivity index (χ1) is 16.0. The van der Waals surface area contributed by atoms with Crippen LogP contribution in [0, 0.1) is 0 Å². The van der Waals surface area contributed by atoms with Crippen molar-refractivity contribution < 1.29 is 19.8 Å². The van der Waals surface area contributed by atoms with E-state index >= 15 is 0 Å². The van der Waals surface area contributed by atoms with Gasteiger partial charge in [-0.2, -0.15) is 5.48 Å². The molecule has 7 N–H and O–H groups in total. The maximum atomic E-state index is 9.91. The molecule has 0 aliphatic carbocycles. The summed E-state index contributed by atoms with van der Waals surface area (Å²) in [4.78, 5) is 5.15. The van der Waals surface area contributed by atoms with Gasteiger partial charge in [0.05, 0.1) is 13.1 Å². The standard InChI is InChI=1S/C25H40N4O4/c1-3-5-15-29-33-25(31)18-28-22-13-9-20(10-14-22)16-19-7-11-21(12-8-19)27-17-24(30)32-23(26)6-4-2/h7-14,23-25,27-31H,3-6,15-18,26H2,1-2H3. The van der Waals surface area contributed by atoms with Gasteiger partial charge in [-0.15, -0.1) is 0 Å². The molecule has 0 aliphatic rings. The number of nitrogens with two attached hydrogens (primary N) is 1. The van der Waals surface area contributed by atoms with Crippen LogP contribution >= 0.6 is 0 Å². The summed E-state index contributed by atoms with van der Waals surface area (Å²) in [7, 11) is 0. The van der Waals surface area contributed by atoms with Gasteiger partial charge in [-0.05, 0) is 54.7 Å². The van der Waals surface area contributed by atoms with Crippen LogP contribution in [0.15, 0.2) is 48.5 Å². The molecule has 0 fully saturated rings. The zero-order valence-corrected chi connectivity index (χ0v) is 19.8. The van der Waals surface area contributed by atoms with Gasteiger partial charge in [-0.25, -0.2) is 0 Å². The number of unbranched alkanes of at least 4 members (excludes halogenated alkanes) is 1. The lowest BCUT2D eigenvalue weighted by molar-refractivity contribution is -0.137. The van der Waals surface area contributed by atoms with E-state index in [-0.39, 0.29) is 6.54 Å². The minimum absolute atomic E-state index is 0.278. The predicted molar refractivity (Wildman–Crippen MR) is 133 cm³/mol. The molecule has 0 aliphatic heterocycles. The highest BCUT2D eigenvalue weighted by atomic mass is 16.7. The Hall–Kier alpha value is -2.20. The third-order valence-electron chi connectivity index (χ3n) is 5.03. The van der Waals surface area contributed by atoms with Crippen LogP contribution in [-0.2, 0) is 16.0 Å². The van der Waals surface area contributed by atoms with Gasteiger partial charge in [0.2, 0.25) is 0 Å². The Morgan fingerprint density at radius 1 is 0.818 bits per heavy atom. The van der Waals surface area contributed by atoms with Crippen LogP contribution in [0.2, 0.25) is 0 Å². The molecule has 0 bridgehead atoms. The van der Waals surface area contributed by atoms with E-state index in [4.69, 9.17) is 15.3 Å². The van der Waals surface area contributed by atoms with Gasteiger partial charge in [0.25, 0.3) is 0 Å². The first kappa shape index (κ1) is 27.0. The molecule has 0 aromatic heterocycles. The Bertz CT molecular complexity index is 758. The largest absolute Gasteiger partial charge is 0.380 e. The normalized spacial score (nSPS) is 14.0. The van der Waals surface area contributed by atoms with Crippen molar-refractivity contribution in [3.05, 3.63) is 59.7 Å². The maximum absolute atomic E-state index is 9.91. The molecule has 2 rings (SSSR count). The summed E-state index contributed by atoms with van der Waals surface area (Å²) < 4.78 is 5.32. The minimum atomic E-state index is -0.941. The minimum Gasteiger partial charge on any atom is -0.380 e. The Morgan fingerprint density at radius 2 is 1.36 bits per heavy atom. The van der Waals surface area contributed by atoms with Gasteiger partial charge in [0, 0.05) is 17.9 Å². The fraction of sp³-hybridized carbons (Fsp3) is 0.520. The third kappa shape index (κ3) is 11.5.